The summed E-state index contributed by atoms with van der Waals surface area (Å²) in [5.41, 5.74) is 2.02. The van der Waals surface area contributed by atoms with Crippen molar-refractivity contribution in [2.45, 2.75) is 44.9 Å². The molecule has 4 rings (SSSR count). The van der Waals surface area contributed by atoms with Gasteiger partial charge in [0, 0.05) is 31.3 Å². The minimum atomic E-state index is -0.639. The number of aromatic nitrogens is 2. The molecule has 0 radical (unpaired) electrons. The van der Waals surface area contributed by atoms with E-state index in [1.807, 2.05) is 6.20 Å². The van der Waals surface area contributed by atoms with Crippen molar-refractivity contribution in [1.82, 2.24) is 20.2 Å². The number of carbonyl (C=O) groups is 1. The monoisotopic (exact) mass is 370 g/mol. The number of benzene rings is 1. The fourth-order valence-electron chi connectivity index (χ4n) is 3.62. The van der Waals surface area contributed by atoms with E-state index in [-0.39, 0.29) is 17.8 Å². The SMILES string of the molecule is C[C@@H](Oc1ccc(F)cc1)C(=O)N1CCc2nc([C@@H]3CCCN3)ncc2C1. The molecule has 2 aliphatic rings. The highest BCUT2D eigenvalue weighted by molar-refractivity contribution is 5.81. The molecule has 1 fully saturated rings. The first-order valence-electron chi connectivity index (χ1n) is 9.39. The molecule has 1 N–H and O–H groups in total. The minimum Gasteiger partial charge on any atom is -0.481 e. The fourth-order valence-corrected chi connectivity index (χ4v) is 3.62. The van der Waals surface area contributed by atoms with Crippen LogP contribution in [-0.2, 0) is 17.8 Å². The number of ether oxygens (including phenoxy) is 1. The molecule has 2 atom stereocenters. The summed E-state index contributed by atoms with van der Waals surface area (Å²) in [5.74, 6) is 0.915. The second-order valence-corrected chi connectivity index (χ2v) is 7.07. The van der Waals surface area contributed by atoms with Crippen LogP contribution >= 0.6 is 0 Å². The molecule has 0 bridgehead atoms. The van der Waals surface area contributed by atoms with Gasteiger partial charge in [-0.1, -0.05) is 0 Å². The van der Waals surface area contributed by atoms with Gasteiger partial charge in [0.2, 0.25) is 0 Å². The van der Waals surface area contributed by atoms with Gasteiger partial charge in [0.25, 0.3) is 5.91 Å². The summed E-state index contributed by atoms with van der Waals surface area (Å²) in [6, 6.07) is 5.93. The van der Waals surface area contributed by atoms with Crippen molar-refractivity contribution in [1.29, 1.82) is 0 Å². The third kappa shape index (κ3) is 3.93. The molecule has 1 saturated heterocycles. The Bertz CT molecular complexity index is 821. The van der Waals surface area contributed by atoms with E-state index in [0.29, 0.717) is 25.3 Å². The first kappa shape index (κ1) is 17.9. The molecule has 1 amide bonds. The lowest BCUT2D eigenvalue weighted by molar-refractivity contribution is -0.138. The summed E-state index contributed by atoms with van der Waals surface area (Å²) in [6.07, 6.45) is 4.15. The van der Waals surface area contributed by atoms with Crippen LogP contribution in [0.15, 0.2) is 30.5 Å². The standard InChI is InChI=1S/C20H23FN4O2/c1-13(27-16-6-4-15(21)5-7-16)20(26)25-10-8-17-14(12-25)11-23-19(24-17)18-3-2-9-22-18/h4-7,11,13,18,22H,2-3,8-10,12H2,1H3/t13-,18+/m1/s1. The lowest BCUT2D eigenvalue weighted by Gasteiger charge is -2.30. The Morgan fingerprint density at radius 1 is 1.37 bits per heavy atom. The zero-order valence-corrected chi connectivity index (χ0v) is 15.3. The zero-order chi connectivity index (χ0) is 18.8. The molecule has 2 aromatic rings. The Hall–Kier alpha value is -2.54. The van der Waals surface area contributed by atoms with Gasteiger partial charge in [-0.15, -0.1) is 0 Å². The molecular formula is C20H23FN4O2. The van der Waals surface area contributed by atoms with Crippen LogP contribution in [-0.4, -0.2) is 40.0 Å². The molecule has 1 aromatic carbocycles. The Balaban J connectivity index is 1.40. The van der Waals surface area contributed by atoms with Crippen LogP contribution in [0.5, 0.6) is 5.75 Å². The molecule has 1 aromatic heterocycles. The molecule has 142 valence electrons. The predicted octanol–water partition coefficient (Wildman–Crippen LogP) is 2.39. The minimum absolute atomic E-state index is 0.0912. The molecule has 3 heterocycles. The van der Waals surface area contributed by atoms with Crippen LogP contribution in [0.2, 0.25) is 0 Å². The summed E-state index contributed by atoms with van der Waals surface area (Å²) in [7, 11) is 0. The second-order valence-electron chi connectivity index (χ2n) is 7.07. The lowest BCUT2D eigenvalue weighted by Crippen LogP contribution is -2.43. The summed E-state index contributed by atoms with van der Waals surface area (Å²) in [5, 5.41) is 3.42. The smallest absolute Gasteiger partial charge is 0.263 e. The van der Waals surface area contributed by atoms with Gasteiger partial charge in [-0.25, -0.2) is 14.4 Å². The van der Waals surface area contributed by atoms with E-state index in [1.165, 1.54) is 24.3 Å². The molecule has 0 spiro atoms. The van der Waals surface area contributed by atoms with E-state index in [4.69, 9.17) is 9.72 Å². The maximum absolute atomic E-state index is 13.0. The van der Waals surface area contributed by atoms with Crippen LogP contribution in [0.25, 0.3) is 0 Å². The first-order valence-corrected chi connectivity index (χ1v) is 9.39. The molecule has 0 unspecified atom stereocenters. The fraction of sp³-hybridized carbons (Fsp3) is 0.450. The highest BCUT2D eigenvalue weighted by atomic mass is 19.1. The molecule has 7 heteroatoms. The largest absolute Gasteiger partial charge is 0.481 e. The van der Waals surface area contributed by atoms with Crippen molar-refractivity contribution in [2.75, 3.05) is 13.1 Å². The van der Waals surface area contributed by atoms with Crippen LogP contribution in [0.3, 0.4) is 0 Å². The van der Waals surface area contributed by atoms with Crippen molar-refractivity contribution in [3.05, 3.63) is 53.4 Å². The molecule has 27 heavy (non-hydrogen) atoms. The Morgan fingerprint density at radius 3 is 2.93 bits per heavy atom. The van der Waals surface area contributed by atoms with E-state index >= 15 is 0 Å². The van der Waals surface area contributed by atoms with Crippen LogP contribution in [0.4, 0.5) is 4.39 Å². The quantitative estimate of drug-likeness (QED) is 0.895. The Labute approximate surface area is 157 Å². The van der Waals surface area contributed by atoms with Gasteiger partial charge in [-0.3, -0.25) is 4.79 Å². The summed E-state index contributed by atoms with van der Waals surface area (Å²) < 4.78 is 18.7. The number of nitrogens with one attached hydrogen (secondary N) is 1. The number of carbonyl (C=O) groups excluding carboxylic acids is 1. The summed E-state index contributed by atoms with van der Waals surface area (Å²) in [6.45, 7) is 3.83. The maximum Gasteiger partial charge on any atom is 0.263 e. The Kier molecular flexibility index (Phi) is 5.03. The van der Waals surface area contributed by atoms with Gasteiger partial charge >= 0.3 is 0 Å². The highest BCUT2D eigenvalue weighted by Crippen LogP contribution is 2.24. The van der Waals surface area contributed by atoms with E-state index in [9.17, 15) is 9.18 Å². The van der Waals surface area contributed by atoms with Crippen LogP contribution in [0.1, 0.15) is 42.9 Å². The Morgan fingerprint density at radius 2 is 2.19 bits per heavy atom. The van der Waals surface area contributed by atoms with Gasteiger partial charge in [0.15, 0.2) is 6.10 Å². The molecule has 0 aliphatic carbocycles. The molecule has 6 nitrogen and oxygen atoms in total. The molecule has 2 aliphatic heterocycles. The highest BCUT2D eigenvalue weighted by Gasteiger charge is 2.28. The van der Waals surface area contributed by atoms with Crippen molar-refractivity contribution >= 4 is 5.91 Å². The van der Waals surface area contributed by atoms with E-state index in [0.717, 1.165) is 36.5 Å². The third-order valence-corrected chi connectivity index (χ3v) is 5.11. The predicted molar refractivity (Wildman–Crippen MR) is 97.6 cm³/mol. The first-order chi connectivity index (χ1) is 13.1. The number of rotatable bonds is 4. The van der Waals surface area contributed by atoms with Crippen molar-refractivity contribution in [3.8, 4) is 5.75 Å². The van der Waals surface area contributed by atoms with Gasteiger partial charge in [0.1, 0.15) is 17.4 Å². The zero-order valence-electron chi connectivity index (χ0n) is 15.3. The average molecular weight is 370 g/mol. The summed E-state index contributed by atoms with van der Waals surface area (Å²) in [4.78, 5) is 23.7. The van der Waals surface area contributed by atoms with Gasteiger partial charge in [-0.05, 0) is 50.6 Å². The molecular weight excluding hydrogens is 347 g/mol. The number of halogens is 1. The maximum atomic E-state index is 13.0. The van der Waals surface area contributed by atoms with Crippen molar-refractivity contribution in [3.63, 3.8) is 0 Å². The topological polar surface area (TPSA) is 67.3 Å². The van der Waals surface area contributed by atoms with Crippen molar-refractivity contribution in [2.24, 2.45) is 0 Å². The molecule has 0 saturated carbocycles. The van der Waals surface area contributed by atoms with Crippen LogP contribution in [0, 0.1) is 5.82 Å². The number of nitrogens with zero attached hydrogens (tertiary/aromatic N) is 3. The van der Waals surface area contributed by atoms with E-state index < -0.39 is 6.10 Å². The van der Waals surface area contributed by atoms with Gasteiger partial charge < -0.3 is 15.0 Å². The number of hydrogen-bond acceptors (Lipinski definition) is 5. The van der Waals surface area contributed by atoms with Crippen LogP contribution < -0.4 is 10.1 Å². The van der Waals surface area contributed by atoms with Crippen molar-refractivity contribution < 1.29 is 13.9 Å². The normalized spacial score (nSPS) is 20.2. The van der Waals surface area contributed by atoms with Gasteiger partial charge in [0.05, 0.1) is 11.7 Å². The summed E-state index contributed by atoms with van der Waals surface area (Å²) >= 11 is 0. The number of hydrogen-bond donors (Lipinski definition) is 1. The number of fused-ring (bicyclic) bond motifs is 1. The second kappa shape index (κ2) is 7.60. The van der Waals surface area contributed by atoms with Gasteiger partial charge in [-0.2, -0.15) is 0 Å². The average Bonchev–Trinajstić information content (AvgIpc) is 3.23. The van der Waals surface area contributed by atoms with E-state index in [1.54, 1.807) is 11.8 Å². The lowest BCUT2D eigenvalue weighted by atomic mass is 10.1. The number of amides is 1. The third-order valence-electron chi connectivity index (χ3n) is 5.11. The van der Waals surface area contributed by atoms with E-state index in [2.05, 4.69) is 10.3 Å².